The van der Waals surface area contributed by atoms with Crippen molar-refractivity contribution in [2.75, 3.05) is 7.05 Å². The summed E-state index contributed by atoms with van der Waals surface area (Å²) in [4.78, 5) is 30.9. The van der Waals surface area contributed by atoms with Gasteiger partial charge >= 0.3 is 0 Å². The smallest absolute Gasteiger partial charge is 0.261 e. The van der Waals surface area contributed by atoms with Crippen LogP contribution in [0.4, 0.5) is 0 Å². The zero-order valence-electron chi connectivity index (χ0n) is 16.3. The molecule has 1 aliphatic heterocycles. The maximum atomic E-state index is 13.3. The fraction of sp³-hybridized carbons (Fsp3) is 0.130. The van der Waals surface area contributed by atoms with E-state index in [2.05, 4.69) is 48.3 Å². The van der Waals surface area contributed by atoms with Crippen molar-refractivity contribution in [2.45, 2.75) is 13.5 Å². The Hall–Kier alpha value is -2.64. The molecule has 3 heterocycles. The molecule has 7 heteroatoms. The fourth-order valence-corrected chi connectivity index (χ4v) is 5.30. The second kappa shape index (κ2) is 6.96. The molecule has 0 atom stereocenters. The van der Waals surface area contributed by atoms with Gasteiger partial charge in [0, 0.05) is 56.8 Å². The first-order valence-electron chi connectivity index (χ1n) is 9.54. The van der Waals surface area contributed by atoms with Crippen LogP contribution in [0.25, 0.3) is 33.0 Å². The third kappa shape index (κ3) is 2.58. The van der Waals surface area contributed by atoms with Crippen LogP contribution in [0.2, 0.25) is 0 Å². The highest BCUT2D eigenvalue weighted by Gasteiger charge is 2.39. The molecule has 0 radical (unpaired) electrons. The van der Waals surface area contributed by atoms with Gasteiger partial charge in [0.1, 0.15) is 0 Å². The van der Waals surface area contributed by atoms with Crippen LogP contribution >= 0.6 is 31.9 Å². The number of H-pyrrole nitrogens is 1. The van der Waals surface area contributed by atoms with Crippen molar-refractivity contribution in [3.8, 4) is 0 Å². The molecule has 0 saturated carbocycles. The number of amides is 2. The van der Waals surface area contributed by atoms with Crippen LogP contribution in [0.1, 0.15) is 18.1 Å². The molecular weight excluding hydrogens is 510 g/mol. The van der Waals surface area contributed by atoms with Gasteiger partial charge in [-0.2, -0.15) is 0 Å². The molecule has 2 aromatic heterocycles. The van der Waals surface area contributed by atoms with Gasteiger partial charge in [0.2, 0.25) is 0 Å². The zero-order valence-corrected chi connectivity index (χ0v) is 19.5. The minimum atomic E-state index is -0.289. The summed E-state index contributed by atoms with van der Waals surface area (Å²) in [6.45, 7) is 2.81. The summed E-state index contributed by atoms with van der Waals surface area (Å²) in [6.07, 6.45) is 3.78. The van der Waals surface area contributed by atoms with E-state index in [0.29, 0.717) is 11.1 Å². The first-order chi connectivity index (χ1) is 14.4. The second-order valence-electron chi connectivity index (χ2n) is 7.25. The van der Waals surface area contributed by atoms with Gasteiger partial charge in [-0.05, 0) is 50.9 Å². The summed E-state index contributed by atoms with van der Waals surface area (Å²) in [5.41, 5.74) is 4.29. The number of nitrogens with zero attached hydrogens (tertiary/aromatic N) is 2. The molecule has 0 fully saturated rings. The standard InChI is InChI=1S/C23H17Br2N3O2/c1-3-28-11-15(13-7-5-9-17(25)21(13)28)19-18(22(29)27(2)23(19)30)14-10-26-20-12(14)6-4-8-16(20)24/h4-11,26H,3H2,1-2H3. The Morgan fingerprint density at radius 2 is 1.53 bits per heavy atom. The fourth-order valence-electron chi connectivity index (χ4n) is 4.23. The number of carbonyl (C=O) groups excluding carboxylic acids is 2. The van der Waals surface area contributed by atoms with Gasteiger partial charge in [0.25, 0.3) is 11.8 Å². The molecule has 4 aromatic rings. The Labute approximate surface area is 189 Å². The molecule has 2 aromatic carbocycles. The van der Waals surface area contributed by atoms with E-state index >= 15 is 0 Å². The third-order valence-corrected chi connectivity index (χ3v) is 6.98. The lowest BCUT2D eigenvalue weighted by Gasteiger charge is -2.06. The molecule has 1 N–H and O–H groups in total. The maximum absolute atomic E-state index is 13.3. The van der Waals surface area contributed by atoms with Crippen LogP contribution in [-0.4, -0.2) is 33.3 Å². The second-order valence-corrected chi connectivity index (χ2v) is 8.96. The Morgan fingerprint density at radius 1 is 0.900 bits per heavy atom. The van der Waals surface area contributed by atoms with E-state index in [1.165, 1.54) is 11.9 Å². The molecule has 0 spiro atoms. The molecule has 5 rings (SSSR count). The Kier molecular flexibility index (Phi) is 4.48. The van der Waals surface area contributed by atoms with Crippen LogP contribution in [0.15, 0.2) is 57.7 Å². The summed E-state index contributed by atoms with van der Waals surface area (Å²) in [6, 6.07) is 11.8. The van der Waals surface area contributed by atoms with E-state index in [9.17, 15) is 9.59 Å². The van der Waals surface area contributed by atoms with E-state index < -0.39 is 0 Å². The maximum Gasteiger partial charge on any atom is 0.261 e. The molecule has 5 nitrogen and oxygen atoms in total. The summed E-state index contributed by atoms with van der Waals surface area (Å²) < 4.78 is 3.96. The van der Waals surface area contributed by atoms with Gasteiger partial charge in [-0.3, -0.25) is 14.5 Å². The monoisotopic (exact) mass is 525 g/mol. The van der Waals surface area contributed by atoms with Crippen molar-refractivity contribution in [3.63, 3.8) is 0 Å². The van der Waals surface area contributed by atoms with Crippen LogP contribution in [0.5, 0.6) is 0 Å². The van der Waals surface area contributed by atoms with Crippen LogP contribution < -0.4 is 0 Å². The van der Waals surface area contributed by atoms with Crippen molar-refractivity contribution < 1.29 is 9.59 Å². The van der Waals surface area contributed by atoms with Gasteiger partial charge in [-0.1, -0.05) is 24.3 Å². The number of nitrogens with one attached hydrogen (secondary N) is 1. The average Bonchev–Trinajstić information content (AvgIpc) is 3.38. The molecule has 0 unspecified atom stereocenters. The normalized spacial score (nSPS) is 14.7. The molecule has 150 valence electrons. The number of aromatic amines is 1. The molecule has 1 aliphatic rings. The minimum Gasteiger partial charge on any atom is -0.360 e. The Morgan fingerprint density at radius 3 is 2.23 bits per heavy atom. The highest BCUT2D eigenvalue weighted by atomic mass is 79.9. The van der Waals surface area contributed by atoms with Crippen molar-refractivity contribution in [1.82, 2.24) is 14.5 Å². The lowest BCUT2D eigenvalue weighted by molar-refractivity contribution is -0.134. The van der Waals surface area contributed by atoms with E-state index in [-0.39, 0.29) is 11.8 Å². The van der Waals surface area contributed by atoms with E-state index in [4.69, 9.17) is 0 Å². The molecule has 0 saturated heterocycles. The summed E-state index contributed by atoms with van der Waals surface area (Å²) in [5.74, 6) is -0.572. The van der Waals surface area contributed by atoms with Crippen LogP contribution in [-0.2, 0) is 16.1 Å². The van der Waals surface area contributed by atoms with E-state index in [1.807, 2.05) is 48.8 Å². The number of aryl methyl sites for hydroxylation is 1. The number of para-hydroxylation sites is 2. The number of halogens is 2. The van der Waals surface area contributed by atoms with Gasteiger partial charge in [-0.25, -0.2) is 0 Å². The molecule has 30 heavy (non-hydrogen) atoms. The predicted molar refractivity (Wildman–Crippen MR) is 126 cm³/mol. The quantitative estimate of drug-likeness (QED) is 0.354. The van der Waals surface area contributed by atoms with Crippen molar-refractivity contribution >= 4 is 76.6 Å². The van der Waals surface area contributed by atoms with Gasteiger partial charge in [0.05, 0.1) is 22.2 Å². The molecule has 0 aliphatic carbocycles. The van der Waals surface area contributed by atoms with Crippen LogP contribution in [0, 0.1) is 0 Å². The number of benzene rings is 2. The summed E-state index contributed by atoms with van der Waals surface area (Å²) in [7, 11) is 1.54. The number of aromatic nitrogens is 2. The number of fused-ring (bicyclic) bond motifs is 2. The van der Waals surface area contributed by atoms with Crippen molar-refractivity contribution in [1.29, 1.82) is 0 Å². The first kappa shape index (κ1) is 19.3. The number of likely N-dealkylation sites (N-methyl/N-ethyl adjacent to an activating group) is 1. The van der Waals surface area contributed by atoms with E-state index in [1.54, 1.807) is 0 Å². The first-order valence-corrected chi connectivity index (χ1v) is 11.1. The number of rotatable bonds is 3. The average molecular weight is 527 g/mol. The minimum absolute atomic E-state index is 0.283. The topological polar surface area (TPSA) is 58.1 Å². The van der Waals surface area contributed by atoms with Crippen molar-refractivity contribution in [3.05, 3.63) is 68.9 Å². The highest BCUT2D eigenvalue weighted by molar-refractivity contribution is 9.11. The number of hydrogen-bond donors (Lipinski definition) is 1. The predicted octanol–water partition coefficient (Wildman–Crippen LogP) is 5.58. The number of carbonyl (C=O) groups is 2. The van der Waals surface area contributed by atoms with Crippen LogP contribution in [0.3, 0.4) is 0 Å². The summed E-state index contributed by atoms with van der Waals surface area (Å²) in [5, 5.41) is 1.84. The van der Waals surface area contributed by atoms with Gasteiger partial charge in [-0.15, -0.1) is 0 Å². The van der Waals surface area contributed by atoms with Gasteiger partial charge < -0.3 is 9.55 Å². The lowest BCUT2D eigenvalue weighted by Crippen LogP contribution is -2.26. The summed E-state index contributed by atoms with van der Waals surface area (Å²) >= 11 is 7.19. The highest BCUT2D eigenvalue weighted by Crippen LogP contribution is 2.42. The SMILES string of the molecule is CCn1cc(C2=C(c3c[nH]c4c(Br)cccc34)C(=O)N(C)C2=O)c2cccc(Br)c21. The number of imide groups is 1. The Bertz CT molecular complexity index is 1410. The largest absolute Gasteiger partial charge is 0.360 e. The third-order valence-electron chi connectivity index (χ3n) is 5.68. The lowest BCUT2D eigenvalue weighted by atomic mass is 9.95. The molecular formula is C23H17Br2N3O2. The van der Waals surface area contributed by atoms with Gasteiger partial charge in [0.15, 0.2) is 0 Å². The zero-order chi connectivity index (χ0) is 21.2. The molecule has 2 amide bonds. The van der Waals surface area contributed by atoms with E-state index in [0.717, 1.165) is 48.4 Å². The Balaban J connectivity index is 1.89. The van der Waals surface area contributed by atoms with Crippen molar-refractivity contribution in [2.24, 2.45) is 0 Å². The number of hydrogen-bond acceptors (Lipinski definition) is 2. The molecule has 0 bridgehead atoms.